The molecule has 3 nitrogen and oxygen atoms in total. The van der Waals surface area contributed by atoms with Gasteiger partial charge in [-0.1, -0.05) is 37.3 Å². The van der Waals surface area contributed by atoms with Crippen molar-refractivity contribution in [3.63, 3.8) is 0 Å². The van der Waals surface area contributed by atoms with Crippen LogP contribution in [0.5, 0.6) is 0 Å². The highest BCUT2D eigenvalue weighted by Gasteiger charge is 2.26. The molecule has 1 aliphatic carbocycles. The Morgan fingerprint density at radius 3 is 2.62 bits per heavy atom. The number of rotatable bonds is 3. The lowest BCUT2D eigenvalue weighted by Crippen LogP contribution is -2.47. The average Bonchev–Trinajstić information content (AvgIpc) is 2.26. The van der Waals surface area contributed by atoms with Crippen molar-refractivity contribution in [1.29, 1.82) is 0 Å². The molecule has 0 unspecified atom stereocenters. The topological polar surface area (TPSA) is 41.1 Å². The van der Waals surface area contributed by atoms with Gasteiger partial charge in [-0.2, -0.15) is 0 Å². The first kappa shape index (κ1) is 11.0. The Bertz CT molecular complexity index is 344. The largest absolute Gasteiger partial charge is 0.335 e. The number of hydrogen-bond acceptors (Lipinski definition) is 1. The maximum atomic E-state index is 11.5. The summed E-state index contributed by atoms with van der Waals surface area (Å²) < 4.78 is 0. The molecule has 0 aromatic heterocycles. The Balaban J connectivity index is 1.68. The molecule has 1 fully saturated rings. The van der Waals surface area contributed by atoms with E-state index in [0.29, 0.717) is 12.6 Å². The van der Waals surface area contributed by atoms with Gasteiger partial charge in [-0.05, 0) is 24.3 Å². The second kappa shape index (κ2) is 5.01. The van der Waals surface area contributed by atoms with Crippen LogP contribution in [0, 0.1) is 5.92 Å². The molecule has 0 saturated heterocycles. The summed E-state index contributed by atoms with van der Waals surface area (Å²) in [4.78, 5) is 11.5. The Hall–Kier alpha value is -1.51. The second-order valence-electron chi connectivity index (χ2n) is 4.59. The van der Waals surface area contributed by atoms with Gasteiger partial charge in [-0.15, -0.1) is 0 Å². The summed E-state index contributed by atoms with van der Waals surface area (Å²) in [5.74, 6) is 0.763. The number of carbonyl (C=O) groups is 1. The van der Waals surface area contributed by atoms with Crippen molar-refractivity contribution in [3.8, 4) is 0 Å². The summed E-state index contributed by atoms with van der Waals surface area (Å²) in [5, 5.41) is 5.83. The molecule has 2 N–H and O–H groups in total. The standard InChI is InChI=1S/C13H18N2O/c1-10-7-12(8-10)15-13(16)14-9-11-5-3-2-4-6-11/h2-6,10,12H,7-9H2,1H3,(H2,14,15,16). The van der Waals surface area contributed by atoms with Crippen LogP contribution < -0.4 is 10.6 Å². The number of amides is 2. The van der Waals surface area contributed by atoms with Crippen LogP contribution in [0.25, 0.3) is 0 Å². The number of carbonyl (C=O) groups excluding carboxylic acids is 1. The Morgan fingerprint density at radius 1 is 1.31 bits per heavy atom. The molecule has 0 heterocycles. The minimum atomic E-state index is -0.0549. The van der Waals surface area contributed by atoms with Crippen LogP contribution in [0.2, 0.25) is 0 Å². The van der Waals surface area contributed by atoms with E-state index in [-0.39, 0.29) is 6.03 Å². The molecule has 16 heavy (non-hydrogen) atoms. The first-order valence-electron chi connectivity index (χ1n) is 5.82. The molecule has 0 radical (unpaired) electrons. The van der Waals surface area contributed by atoms with E-state index < -0.39 is 0 Å². The maximum Gasteiger partial charge on any atom is 0.315 e. The smallest absolute Gasteiger partial charge is 0.315 e. The van der Waals surface area contributed by atoms with E-state index in [9.17, 15) is 4.79 Å². The summed E-state index contributed by atoms with van der Waals surface area (Å²) in [5.41, 5.74) is 1.12. The van der Waals surface area contributed by atoms with Gasteiger partial charge in [0, 0.05) is 12.6 Å². The minimum absolute atomic E-state index is 0.0549. The van der Waals surface area contributed by atoms with Crippen molar-refractivity contribution in [2.75, 3.05) is 0 Å². The first-order valence-corrected chi connectivity index (χ1v) is 5.82. The van der Waals surface area contributed by atoms with Gasteiger partial charge in [0.1, 0.15) is 0 Å². The molecule has 0 atom stereocenters. The molecule has 1 aromatic carbocycles. The first-order chi connectivity index (χ1) is 7.74. The minimum Gasteiger partial charge on any atom is -0.335 e. The van der Waals surface area contributed by atoms with Gasteiger partial charge in [0.15, 0.2) is 0 Å². The molecule has 0 spiro atoms. The van der Waals surface area contributed by atoms with Crippen molar-refractivity contribution in [2.45, 2.75) is 32.4 Å². The fraction of sp³-hybridized carbons (Fsp3) is 0.462. The normalized spacial score (nSPS) is 23.3. The molecule has 2 rings (SSSR count). The van der Waals surface area contributed by atoms with E-state index in [1.807, 2.05) is 30.3 Å². The Kier molecular flexibility index (Phi) is 3.44. The molecule has 86 valence electrons. The molecule has 1 aromatic rings. The van der Waals surface area contributed by atoms with Gasteiger partial charge < -0.3 is 10.6 Å². The Labute approximate surface area is 96.2 Å². The van der Waals surface area contributed by atoms with Crippen molar-refractivity contribution < 1.29 is 4.79 Å². The van der Waals surface area contributed by atoms with Crippen molar-refractivity contribution in [1.82, 2.24) is 10.6 Å². The van der Waals surface area contributed by atoms with E-state index in [0.717, 1.165) is 24.3 Å². The fourth-order valence-electron chi connectivity index (χ4n) is 2.03. The number of benzene rings is 1. The lowest BCUT2D eigenvalue weighted by atomic mass is 9.82. The number of nitrogens with one attached hydrogen (secondary N) is 2. The highest BCUT2D eigenvalue weighted by molar-refractivity contribution is 5.74. The van der Waals surface area contributed by atoms with Crippen LogP contribution in [0.15, 0.2) is 30.3 Å². The van der Waals surface area contributed by atoms with Gasteiger partial charge in [-0.3, -0.25) is 0 Å². The van der Waals surface area contributed by atoms with Crippen LogP contribution in [-0.2, 0) is 6.54 Å². The van der Waals surface area contributed by atoms with E-state index in [4.69, 9.17) is 0 Å². The zero-order chi connectivity index (χ0) is 11.4. The highest BCUT2D eigenvalue weighted by Crippen LogP contribution is 2.25. The van der Waals surface area contributed by atoms with E-state index in [2.05, 4.69) is 17.6 Å². The third-order valence-corrected chi connectivity index (χ3v) is 3.00. The summed E-state index contributed by atoms with van der Waals surface area (Å²) in [6.07, 6.45) is 2.22. The van der Waals surface area contributed by atoms with Crippen LogP contribution in [-0.4, -0.2) is 12.1 Å². The summed E-state index contributed by atoms with van der Waals surface area (Å²) in [6, 6.07) is 10.3. The summed E-state index contributed by atoms with van der Waals surface area (Å²) in [6.45, 7) is 2.80. The quantitative estimate of drug-likeness (QED) is 0.803. The zero-order valence-electron chi connectivity index (χ0n) is 9.57. The fourth-order valence-corrected chi connectivity index (χ4v) is 2.03. The Morgan fingerprint density at radius 2 is 2.00 bits per heavy atom. The molecule has 3 heteroatoms. The van der Waals surface area contributed by atoms with Gasteiger partial charge in [0.2, 0.25) is 0 Å². The second-order valence-corrected chi connectivity index (χ2v) is 4.59. The molecule has 0 bridgehead atoms. The van der Waals surface area contributed by atoms with Crippen LogP contribution in [0.1, 0.15) is 25.3 Å². The van der Waals surface area contributed by atoms with Gasteiger partial charge in [0.25, 0.3) is 0 Å². The SMILES string of the molecule is CC1CC(NC(=O)NCc2ccccc2)C1. The molecule has 1 saturated carbocycles. The lowest BCUT2D eigenvalue weighted by molar-refractivity contribution is 0.210. The van der Waals surface area contributed by atoms with Gasteiger partial charge in [-0.25, -0.2) is 4.79 Å². The van der Waals surface area contributed by atoms with Crippen molar-refractivity contribution in [3.05, 3.63) is 35.9 Å². The molecule has 1 aliphatic rings. The summed E-state index contributed by atoms with van der Waals surface area (Å²) in [7, 11) is 0. The third kappa shape index (κ3) is 2.99. The molecule has 0 aliphatic heterocycles. The van der Waals surface area contributed by atoms with Gasteiger partial charge >= 0.3 is 6.03 Å². The molecular weight excluding hydrogens is 200 g/mol. The molecule has 2 amide bonds. The average molecular weight is 218 g/mol. The number of hydrogen-bond donors (Lipinski definition) is 2. The lowest BCUT2D eigenvalue weighted by Gasteiger charge is -2.33. The van der Waals surface area contributed by atoms with Crippen LogP contribution in [0.3, 0.4) is 0 Å². The monoisotopic (exact) mass is 218 g/mol. The summed E-state index contributed by atoms with van der Waals surface area (Å²) >= 11 is 0. The molecular formula is C13H18N2O. The predicted molar refractivity (Wildman–Crippen MR) is 64.0 cm³/mol. The van der Waals surface area contributed by atoms with Crippen LogP contribution >= 0.6 is 0 Å². The van der Waals surface area contributed by atoms with Crippen molar-refractivity contribution in [2.24, 2.45) is 5.92 Å². The van der Waals surface area contributed by atoms with Crippen molar-refractivity contribution >= 4 is 6.03 Å². The van der Waals surface area contributed by atoms with E-state index in [1.54, 1.807) is 0 Å². The maximum absolute atomic E-state index is 11.5. The third-order valence-electron chi connectivity index (χ3n) is 3.00. The zero-order valence-corrected chi connectivity index (χ0v) is 9.57. The van der Waals surface area contributed by atoms with Crippen LogP contribution in [0.4, 0.5) is 4.79 Å². The van der Waals surface area contributed by atoms with Gasteiger partial charge in [0.05, 0.1) is 0 Å². The van der Waals surface area contributed by atoms with E-state index >= 15 is 0 Å². The van der Waals surface area contributed by atoms with E-state index in [1.165, 1.54) is 0 Å². The predicted octanol–water partition coefficient (Wildman–Crippen LogP) is 2.28. The highest BCUT2D eigenvalue weighted by atomic mass is 16.2. The number of urea groups is 1.